The van der Waals surface area contributed by atoms with E-state index in [-0.39, 0.29) is 10.6 Å². The van der Waals surface area contributed by atoms with E-state index < -0.39 is 0 Å². The molecule has 0 spiro atoms. The molecule has 0 saturated heterocycles. The molecule has 7 nitrogen and oxygen atoms in total. The van der Waals surface area contributed by atoms with Crippen molar-refractivity contribution in [1.29, 1.82) is 0 Å². The van der Waals surface area contributed by atoms with Gasteiger partial charge < -0.3 is 5.32 Å². The van der Waals surface area contributed by atoms with E-state index in [4.69, 9.17) is 0 Å². The largest absolute Gasteiger partial charge is 0.360 e. The summed E-state index contributed by atoms with van der Waals surface area (Å²) in [4.78, 5) is 16.1. The molecule has 0 aliphatic rings. The molecule has 0 aliphatic heterocycles. The van der Waals surface area contributed by atoms with Crippen LogP contribution in [0.25, 0.3) is 0 Å². The molecule has 0 amide bonds. The number of hydrogen-bond acceptors (Lipinski definition) is 6. The predicted octanol–water partition coefficient (Wildman–Crippen LogP) is 2.89. The van der Waals surface area contributed by atoms with Gasteiger partial charge in [-0.3, -0.25) is 10.1 Å². The van der Waals surface area contributed by atoms with Gasteiger partial charge in [0.15, 0.2) is 0 Å². The van der Waals surface area contributed by atoms with Crippen LogP contribution in [0, 0.1) is 24.0 Å². The van der Waals surface area contributed by atoms with Crippen molar-refractivity contribution < 1.29 is 4.92 Å². The van der Waals surface area contributed by atoms with Gasteiger partial charge >= 0.3 is 5.69 Å². The van der Waals surface area contributed by atoms with Crippen molar-refractivity contribution >= 4 is 22.8 Å². The van der Waals surface area contributed by atoms with Crippen LogP contribution in [0.2, 0.25) is 0 Å². The minimum atomic E-state index is -0.379. The number of aryl methyl sites for hydroxylation is 3. The Balaban J connectivity index is 2.28. The molecule has 0 aliphatic carbocycles. The van der Waals surface area contributed by atoms with Crippen molar-refractivity contribution in [3.8, 4) is 0 Å². The zero-order valence-electron chi connectivity index (χ0n) is 11.7. The highest BCUT2D eigenvalue weighted by atomic mass is 32.1. The zero-order valence-corrected chi connectivity index (χ0v) is 12.5. The number of thiazole rings is 1. The Bertz CT molecular complexity index is 619. The highest BCUT2D eigenvalue weighted by molar-refractivity contribution is 7.09. The number of rotatable bonds is 6. The minimum Gasteiger partial charge on any atom is -0.360 e. The van der Waals surface area contributed by atoms with Gasteiger partial charge in [0.2, 0.25) is 5.82 Å². The van der Waals surface area contributed by atoms with Gasteiger partial charge in [0.05, 0.1) is 22.7 Å². The number of nitrogens with one attached hydrogen (secondary N) is 1. The van der Waals surface area contributed by atoms with E-state index in [1.807, 2.05) is 13.8 Å². The lowest BCUT2D eigenvalue weighted by Gasteiger charge is -2.07. The maximum Gasteiger partial charge on any atom is 0.333 e. The third-order valence-electron chi connectivity index (χ3n) is 2.98. The summed E-state index contributed by atoms with van der Waals surface area (Å²) < 4.78 is 1.67. The summed E-state index contributed by atoms with van der Waals surface area (Å²) in [6.45, 7) is 6.77. The summed E-state index contributed by atoms with van der Waals surface area (Å²) in [6, 6.07) is 0. The summed E-state index contributed by atoms with van der Waals surface area (Å²) >= 11 is 1.54. The Morgan fingerprint density at radius 1 is 1.45 bits per heavy atom. The lowest BCUT2D eigenvalue weighted by Crippen LogP contribution is -2.09. The quantitative estimate of drug-likeness (QED) is 0.654. The maximum atomic E-state index is 11.2. The van der Waals surface area contributed by atoms with Crippen LogP contribution in [0.4, 0.5) is 11.5 Å². The summed E-state index contributed by atoms with van der Waals surface area (Å²) in [5, 5.41) is 18.6. The molecule has 2 aromatic heterocycles. The van der Waals surface area contributed by atoms with Crippen molar-refractivity contribution in [3.63, 3.8) is 0 Å². The van der Waals surface area contributed by atoms with Crippen LogP contribution in [0.3, 0.4) is 0 Å². The summed E-state index contributed by atoms with van der Waals surface area (Å²) in [5.41, 5.74) is 3.21. The van der Waals surface area contributed by atoms with Crippen LogP contribution in [-0.4, -0.2) is 19.7 Å². The molecular weight excluding hydrogens is 278 g/mol. The van der Waals surface area contributed by atoms with Crippen LogP contribution >= 0.6 is 11.3 Å². The molecule has 0 fully saturated rings. The Hall–Kier alpha value is -1.96. The van der Waals surface area contributed by atoms with E-state index >= 15 is 0 Å². The Kier molecular flexibility index (Phi) is 4.33. The molecule has 8 heteroatoms. The van der Waals surface area contributed by atoms with Crippen LogP contribution in [0.5, 0.6) is 0 Å². The molecule has 2 aromatic rings. The smallest absolute Gasteiger partial charge is 0.333 e. The maximum absolute atomic E-state index is 11.2. The van der Waals surface area contributed by atoms with Crippen LogP contribution in [0.15, 0.2) is 5.51 Å². The average Bonchev–Trinajstić information content (AvgIpc) is 2.91. The number of anilines is 1. The van der Waals surface area contributed by atoms with E-state index in [0.717, 1.165) is 17.0 Å². The molecule has 0 atom stereocenters. The first kappa shape index (κ1) is 14.4. The molecule has 0 unspecified atom stereocenters. The first-order chi connectivity index (χ1) is 9.54. The highest BCUT2D eigenvalue weighted by Gasteiger charge is 2.25. The first-order valence-electron chi connectivity index (χ1n) is 6.39. The number of hydrogen-bond donors (Lipinski definition) is 1. The minimum absolute atomic E-state index is 0.0561. The molecule has 2 rings (SSSR count). The van der Waals surface area contributed by atoms with Crippen molar-refractivity contribution in [3.05, 3.63) is 31.9 Å². The van der Waals surface area contributed by atoms with Crippen molar-refractivity contribution in [2.45, 2.75) is 40.3 Å². The standard InChI is InChI=1S/C12H17N5O2S/c1-4-5-16-12(11(17(18)19)9(3)15-16)13-6-10-8(2)14-7-20-10/h7,13H,4-6H2,1-3H3. The second-order valence-electron chi connectivity index (χ2n) is 4.48. The number of aromatic nitrogens is 3. The Morgan fingerprint density at radius 3 is 2.75 bits per heavy atom. The average molecular weight is 295 g/mol. The molecule has 0 aromatic carbocycles. The molecule has 0 radical (unpaired) electrons. The summed E-state index contributed by atoms with van der Waals surface area (Å²) in [6.07, 6.45) is 0.868. The normalized spacial score (nSPS) is 10.8. The van der Waals surface area contributed by atoms with Gasteiger partial charge in [-0.05, 0) is 20.3 Å². The lowest BCUT2D eigenvalue weighted by atomic mass is 10.3. The lowest BCUT2D eigenvalue weighted by molar-refractivity contribution is -0.384. The van der Waals surface area contributed by atoms with E-state index in [9.17, 15) is 10.1 Å². The predicted molar refractivity (Wildman–Crippen MR) is 78.1 cm³/mol. The van der Waals surface area contributed by atoms with Crippen molar-refractivity contribution in [2.75, 3.05) is 5.32 Å². The van der Waals surface area contributed by atoms with E-state index in [1.165, 1.54) is 11.3 Å². The highest BCUT2D eigenvalue weighted by Crippen LogP contribution is 2.29. The van der Waals surface area contributed by atoms with Gasteiger partial charge in [0.25, 0.3) is 0 Å². The van der Waals surface area contributed by atoms with E-state index in [2.05, 4.69) is 15.4 Å². The Morgan fingerprint density at radius 2 is 2.20 bits per heavy atom. The number of nitro groups is 1. The molecule has 2 heterocycles. The van der Waals surface area contributed by atoms with Gasteiger partial charge in [0, 0.05) is 11.4 Å². The molecule has 1 N–H and O–H groups in total. The van der Waals surface area contributed by atoms with Crippen molar-refractivity contribution in [1.82, 2.24) is 14.8 Å². The SMILES string of the molecule is CCCn1nc(C)c([N+](=O)[O-])c1NCc1scnc1C. The monoisotopic (exact) mass is 295 g/mol. The second kappa shape index (κ2) is 6.00. The van der Waals surface area contributed by atoms with Gasteiger partial charge in [-0.1, -0.05) is 6.92 Å². The van der Waals surface area contributed by atoms with Gasteiger partial charge in [-0.2, -0.15) is 5.10 Å². The fourth-order valence-corrected chi connectivity index (χ4v) is 2.72. The molecule has 0 saturated carbocycles. The first-order valence-corrected chi connectivity index (χ1v) is 7.27. The summed E-state index contributed by atoms with van der Waals surface area (Å²) in [7, 11) is 0. The fraction of sp³-hybridized carbons (Fsp3) is 0.500. The topological polar surface area (TPSA) is 85.9 Å². The van der Waals surface area contributed by atoms with Crippen LogP contribution in [-0.2, 0) is 13.1 Å². The second-order valence-corrected chi connectivity index (χ2v) is 5.42. The third-order valence-corrected chi connectivity index (χ3v) is 3.91. The van der Waals surface area contributed by atoms with Gasteiger partial charge in [-0.25, -0.2) is 9.67 Å². The fourth-order valence-electron chi connectivity index (χ4n) is 2.00. The number of nitrogens with zero attached hydrogens (tertiary/aromatic N) is 4. The van der Waals surface area contributed by atoms with E-state index in [1.54, 1.807) is 17.1 Å². The summed E-state index contributed by atoms with van der Waals surface area (Å²) in [5.74, 6) is 0.474. The van der Waals surface area contributed by atoms with Gasteiger partial charge in [0.1, 0.15) is 5.69 Å². The van der Waals surface area contributed by atoms with Gasteiger partial charge in [-0.15, -0.1) is 11.3 Å². The third kappa shape index (κ3) is 2.79. The Labute approximate surface area is 120 Å². The van der Waals surface area contributed by atoms with Crippen LogP contribution in [0.1, 0.15) is 29.6 Å². The molecular formula is C12H17N5O2S. The van der Waals surface area contributed by atoms with Crippen molar-refractivity contribution in [2.24, 2.45) is 0 Å². The van der Waals surface area contributed by atoms with E-state index in [0.29, 0.717) is 24.6 Å². The molecule has 0 bridgehead atoms. The zero-order chi connectivity index (χ0) is 14.7. The molecule has 20 heavy (non-hydrogen) atoms. The molecule has 108 valence electrons. The van der Waals surface area contributed by atoms with Crippen LogP contribution < -0.4 is 5.32 Å².